The summed E-state index contributed by atoms with van der Waals surface area (Å²) in [7, 11) is 0. The summed E-state index contributed by atoms with van der Waals surface area (Å²) in [5.74, 6) is -2.99. The number of hydrogen-bond donors (Lipinski definition) is 2. The van der Waals surface area contributed by atoms with Gasteiger partial charge < -0.3 is 19.7 Å². The smallest absolute Gasteiger partial charge is 0.373 e. The van der Waals surface area contributed by atoms with Crippen LogP contribution in [0.2, 0.25) is 0 Å². The van der Waals surface area contributed by atoms with Crippen molar-refractivity contribution in [3.05, 3.63) is 11.8 Å². The summed E-state index contributed by atoms with van der Waals surface area (Å²) in [5.41, 5.74) is 0. The molecular formula is C11H16O7. The predicted molar refractivity (Wildman–Crippen MR) is 59.8 cm³/mol. The number of aliphatic hydroxyl groups excluding tert-OH is 1. The van der Waals surface area contributed by atoms with E-state index in [4.69, 9.17) is 14.9 Å². The Bertz CT molecular complexity index is 332. The van der Waals surface area contributed by atoms with Gasteiger partial charge in [-0.2, -0.15) is 0 Å². The summed E-state index contributed by atoms with van der Waals surface area (Å²) >= 11 is 0. The summed E-state index contributed by atoms with van der Waals surface area (Å²) in [6, 6.07) is 0. The molecule has 0 heterocycles. The lowest BCUT2D eigenvalue weighted by molar-refractivity contribution is -0.148. The molecule has 0 aromatic carbocycles. The fourth-order valence-electron chi connectivity index (χ4n) is 0.883. The first-order valence-electron chi connectivity index (χ1n) is 5.37. The average molecular weight is 260 g/mol. The van der Waals surface area contributed by atoms with Crippen LogP contribution in [0.4, 0.5) is 0 Å². The van der Waals surface area contributed by atoms with Gasteiger partial charge in [-0.25, -0.2) is 4.79 Å². The third-order valence-electron chi connectivity index (χ3n) is 1.81. The maximum absolute atomic E-state index is 11.0. The van der Waals surface area contributed by atoms with Crippen LogP contribution in [0, 0.1) is 0 Å². The fourth-order valence-corrected chi connectivity index (χ4v) is 0.883. The third-order valence-corrected chi connectivity index (χ3v) is 1.81. The molecular weight excluding hydrogens is 244 g/mol. The second kappa shape index (κ2) is 9.03. The fraction of sp³-hybridized carbons (Fsp3) is 0.545. The molecule has 0 spiro atoms. The first-order chi connectivity index (χ1) is 8.47. The Kier molecular flexibility index (Phi) is 8.00. The lowest BCUT2D eigenvalue weighted by Gasteiger charge is -2.05. The van der Waals surface area contributed by atoms with E-state index >= 15 is 0 Å². The Labute approximate surface area is 104 Å². The van der Waals surface area contributed by atoms with Crippen molar-refractivity contribution in [1.29, 1.82) is 0 Å². The molecule has 0 unspecified atom stereocenters. The van der Waals surface area contributed by atoms with Crippen LogP contribution >= 0.6 is 0 Å². The Morgan fingerprint density at radius 3 is 2.22 bits per heavy atom. The van der Waals surface area contributed by atoms with Crippen LogP contribution in [0.3, 0.4) is 0 Å². The molecule has 0 saturated carbocycles. The Hall–Kier alpha value is -2.05. The first-order valence-corrected chi connectivity index (χ1v) is 5.37. The highest BCUT2D eigenvalue weighted by molar-refractivity contribution is 5.85. The van der Waals surface area contributed by atoms with Crippen molar-refractivity contribution in [3.8, 4) is 0 Å². The lowest BCUT2D eigenvalue weighted by atomic mass is 10.3. The van der Waals surface area contributed by atoms with Gasteiger partial charge in [-0.3, -0.25) is 9.59 Å². The number of carbonyl (C=O) groups is 3. The largest absolute Gasteiger partial charge is 0.502 e. The van der Waals surface area contributed by atoms with Crippen LogP contribution in [0.1, 0.15) is 26.2 Å². The normalized spacial score (nSPS) is 10.8. The van der Waals surface area contributed by atoms with Gasteiger partial charge in [0, 0.05) is 6.42 Å². The van der Waals surface area contributed by atoms with Gasteiger partial charge in [0.2, 0.25) is 0 Å². The van der Waals surface area contributed by atoms with E-state index in [2.05, 4.69) is 4.74 Å². The van der Waals surface area contributed by atoms with Crippen molar-refractivity contribution < 1.29 is 34.1 Å². The van der Waals surface area contributed by atoms with E-state index < -0.39 is 23.7 Å². The molecule has 0 radical (unpaired) electrons. The van der Waals surface area contributed by atoms with Gasteiger partial charge in [0.25, 0.3) is 0 Å². The van der Waals surface area contributed by atoms with E-state index in [1.807, 2.05) is 0 Å². The molecule has 0 bridgehead atoms. The van der Waals surface area contributed by atoms with Crippen LogP contribution in [0.25, 0.3) is 0 Å². The minimum Gasteiger partial charge on any atom is -0.502 e. The van der Waals surface area contributed by atoms with Gasteiger partial charge >= 0.3 is 17.9 Å². The van der Waals surface area contributed by atoms with Gasteiger partial charge in [-0.1, -0.05) is 0 Å². The van der Waals surface area contributed by atoms with E-state index in [1.165, 1.54) is 13.0 Å². The number of carboxylic acid groups (broad SMARTS) is 1. The molecule has 0 rings (SSSR count). The van der Waals surface area contributed by atoms with Crippen molar-refractivity contribution in [2.45, 2.75) is 26.2 Å². The average Bonchev–Trinajstić information content (AvgIpc) is 2.34. The number of aliphatic carboxylic acids is 1. The van der Waals surface area contributed by atoms with Crippen molar-refractivity contribution in [3.63, 3.8) is 0 Å². The molecule has 0 atom stereocenters. The van der Waals surface area contributed by atoms with Gasteiger partial charge in [0.1, 0.15) is 0 Å². The predicted octanol–water partition coefficient (Wildman–Crippen LogP) is 0.789. The van der Waals surface area contributed by atoms with Gasteiger partial charge in [-0.05, 0) is 13.0 Å². The molecule has 0 aliphatic rings. The minimum absolute atomic E-state index is 0.00292. The molecule has 7 nitrogen and oxygen atoms in total. The van der Waals surface area contributed by atoms with Crippen LogP contribution in [0.15, 0.2) is 11.8 Å². The number of carboxylic acids is 1. The van der Waals surface area contributed by atoms with Crippen molar-refractivity contribution in [1.82, 2.24) is 0 Å². The van der Waals surface area contributed by atoms with Gasteiger partial charge in [-0.15, -0.1) is 0 Å². The topological polar surface area (TPSA) is 110 Å². The maximum Gasteiger partial charge on any atom is 0.373 e. The lowest BCUT2D eigenvalue weighted by Crippen LogP contribution is -2.12. The molecule has 7 heteroatoms. The summed E-state index contributed by atoms with van der Waals surface area (Å²) in [4.78, 5) is 32.0. The summed E-state index contributed by atoms with van der Waals surface area (Å²) in [5, 5.41) is 17.3. The van der Waals surface area contributed by atoms with E-state index in [9.17, 15) is 14.4 Å². The quantitative estimate of drug-likeness (QED) is 0.287. The molecule has 0 aliphatic heterocycles. The standard InChI is InChI=1S/C11H16O7/c1-2-8(12)11(16)18-7-3-6-17-10(15)5-4-9(13)14/h2,12H,3-7H2,1H3,(H,13,14). The number of carbonyl (C=O) groups excluding carboxylic acids is 2. The Morgan fingerprint density at radius 1 is 1.06 bits per heavy atom. The number of aliphatic hydroxyl groups is 1. The molecule has 0 fully saturated rings. The number of esters is 2. The van der Waals surface area contributed by atoms with Crippen LogP contribution < -0.4 is 0 Å². The summed E-state index contributed by atoms with van der Waals surface area (Å²) in [6.45, 7) is 1.52. The zero-order valence-corrected chi connectivity index (χ0v) is 10.0. The SMILES string of the molecule is CC=C(O)C(=O)OCCCOC(=O)CCC(=O)O. The van der Waals surface area contributed by atoms with Gasteiger partial charge in [0.05, 0.1) is 26.1 Å². The van der Waals surface area contributed by atoms with E-state index in [0.717, 1.165) is 0 Å². The third kappa shape index (κ3) is 8.14. The zero-order valence-electron chi connectivity index (χ0n) is 10.0. The Balaban J connectivity index is 3.54. The molecule has 0 amide bonds. The second-order valence-corrected chi connectivity index (χ2v) is 3.28. The highest BCUT2D eigenvalue weighted by Crippen LogP contribution is 1.96. The maximum atomic E-state index is 11.0. The van der Waals surface area contributed by atoms with Gasteiger partial charge in [0.15, 0.2) is 5.76 Å². The number of ether oxygens (including phenoxy) is 2. The van der Waals surface area contributed by atoms with E-state index in [-0.39, 0.29) is 32.5 Å². The van der Waals surface area contributed by atoms with Crippen LogP contribution in [-0.2, 0) is 23.9 Å². The summed E-state index contributed by atoms with van der Waals surface area (Å²) < 4.78 is 9.32. The Morgan fingerprint density at radius 2 is 1.67 bits per heavy atom. The molecule has 0 saturated heterocycles. The monoisotopic (exact) mass is 260 g/mol. The summed E-state index contributed by atoms with van der Waals surface area (Å²) in [6.07, 6.45) is 1.02. The van der Waals surface area contributed by atoms with Crippen LogP contribution in [-0.4, -0.2) is 41.3 Å². The number of allylic oxidation sites excluding steroid dienone is 1. The molecule has 0 aromatic heterocycles. The highest BCUT2D eigenvalue weighted by atomic mass is 16.6. The number of rotatable bonds is 8. The van der Waals surface area contributed by atoms with E-state index in [0.29, 0.717) is 0 Å². The number of hydrogen-bond acceptors (Lipinski definition) is 6. The molecule has 0 aliphatic carbocycles. The van der Waals surface area contributed by atoms with Crippen molar-refractivity contribution >= 4 is 17.9 Å². The minimum atomic E-state index is -1.07. The molecule has 2 N–H and O–H groups in total. The zero-order chi connectivity index (χ0) is 14.0. The molecule has 0 aromatic rings. The molecule has 18 heavy (non-hydrogen) atoms. The van der Waals surface area contributed by atoms with Crippen molar-refractivity contribution in [2.24, 2.45) is 0 Å². The molecule has 102 valence electrons. The van der Waals surface area contributed by atoms with E-state index in [1.54, 1.807) is 0 Å². The van der Waals surface area contributed by atoms with Crippen LogP contribution in [0.5, 0.6) is 0 Å². The van der Waals surface area contributed by atoms with Crippen molar-refractivity contribution in [2.75, 3.05) is 13.2 Å². The highest BCUT2D eigenvalue weighted by Gasteiger charge is 2.08. The second-order valence-electron chi connectivity index (χ2n) is 3.28. The first kappa shape index (κ1) is 16.0.